The van der Waals surface area contributed by atoms with Crippen LogP contribution in [-0.2, 0) is 6.42 Å². The van der Waals surface area contributed by atoms with Gasteiger partial charge in [0.15, 0.2) is 5.96 Å². The highest BCUT2D eigenvalue weighted by atomic mass is 127. The molecule has 0 amide bonds. The topological polar surface area (TPSA) is 45.7 Å². The summed E-state index contributed by atoms with van der Waals surface area (Å²) in [5, 5.41) is 8.74. The summed E-state index contributed by atoms with van der Waals surface area (Å²) in [6, 6.07) is 12.3. The summed E-state index contributed by atoms with van der Waals surface area (Å²) >= 11 is 1.78. The Morgan fingerprint density at radius 3 is 2.67 bits per heavy atom. The Hall–Kier alpha value is -1.28. The maximum absolute atomic E-state index is 5.96. The fourth-order valence-electron chi connectivity index (χ4n) is 2.17. The minimum absolute atomic E-state index is 0. The van der Waals surface area contributed by atoms with E-state index in [0.29, 0.717) is 6.54 Å². The Morgan fingerprint density at radius 2 is 2.00 bits per heavy atom. The summed E-state index contributed by atoms with van der Waals surface area (Å²) in [7, 11) is 1.79. The first kappa shape index (κ1) is 20.8. The molecule has 0 aliphatic heterocycles. The van der Waals surface area contributed by atoms with Crippen LogP contribution in [0.5, 0.6) is 5.75 Å². The van der Waals surface area contributed by atoms with Gasteiger partial charge in [-0.1, -0.05) is 24.3 Å². The van der Waals surface area contributed by atoms with Crippen LogP contribution in [0.25, 0.3) is 0 Å². The lowest BCUT2D eigenvalue weighted by Gasteiger charge is -2.18. The molecule has 1 heterocycles. The predicted octanol–water partition coefficient (Wildman–Crippen LogP) is 3.85. The van der Waals surface area contributed by atoms with Crippen molar-refractivity contribution in [1.82, 2.24) is 10.6 Å². The number of nitrogens with zero attached hydrogens (tertiary/aromatic N) is 1. The van der Waals surface area contributed by atoms with E-state index in [2.05, 4.69) is 53.1 Å². The van der Waals surface area contributed by atoms with Crippen molar-refractivity contribution in [3.8, 4) is 5.75 Å². The molecule has 1 aromatic heterocycles. The minimum atomic E-state index is 0. The van der Waals surface area contributed by atoms with Crippen LogP contribution in [0.3, 0.4) is 0 Å². The number of aryl methyl sites for hydroxylation is 1. The number of benzene rings is 1. The number of rotatable bonds is 7. The molecule has 132 valence electrons. The second-order valence-corrected chi connectivity index (χ2v) is 6.44. The van der Waals surface area contributed by atoms with Crippen molar-refractivity contribution in [2.75, 3.05) is 20.1 Å². The lowest BCUT2D eigenvalue weighted by Crippen LogP contribution is -2.42. The Morgan fingerprint density at radius 1 is 1.21 bits per heavy atom. The maximum Gasteiger partial charge on any atom is 0.191 e. The molecule has 0 spiro atoms. The van der Waals surface area contributed by atoms with E-state index in [1.54, 1.807) is 18.4 Å². The molecule has 24 heavy (non-hydrogen) atoms. The van der Waals surface area contributed by atoms with Gasteiger partial charge in [-0.25, -0.2) is 0 Å². The highest BCUT2D eigenvalue weighted by Gasteiger charge is 2.07. The molecule has 4 nitrogen and oxygen atoms in total. The third-order valence-electron chi connectivity index (χ3n) is 3.45. The molecule has 0 radical (unpaired) electrons. The lowest BCUT2D eigenvalue weighted by atomic mass is 10.2. The monoisotopic (exact) mass is 459 g/mol. The standard InChI is InChI=1S/C18H25N3OS.HI/c1-14-7-4-5-9-17(14)22-15(2)13-21-18(19-3)20-11-10-16-8-6-12-23-16;/h4-9,12,15H,10-11,13H2,1-3H3,(H2,19,20,21);1H. The fourth-order valence-corrected chi connectivity index (χ4v) is 2.88. The second-order valence-electron chi connectivity index (χ2n) is 5.40. The van der Waals surface area contributed by atoms with Crippen molar-refractivity contribution in [2.24, 2.45) is 4.99 Å². The number of hydrogen-bond acceptors (Lipinski definition) is 3. The zero-order valence-corrected chi connectivity index (χ0v) is 17.6. The van der Waals surface area contributed by atoms with Crippen molar-refractivity contribution < 1.29 is 4.74 Å². The van der Waals surface area contributed by atoms with Gasteiger partial charge in [0.1, 0.15) is 11.9 Å². The van der Waals surface area contributed by atoms with E-state index < -0.39 is 0 Å². The van der Waals surface area contributed by atoms with Crippen molar-refractivity contribution in [1.29, 1.82) is 0 Å². The quantitative estimate of drug-likeness (QED) is 0.376. The highest BCUT2D eigenvalue weighted by Crippen LogP contribution is 2.17. The number of hydrogen-bond donors (Lipinski definition) is 2. The van der Waals surface area contributed by atoms with E-state index in [-0.39, 0.29) is 30.1 Å². The summed E-state index contributed by atoms with van der Waals surface area (Å²) in [5.74, 6) is 1.74. The predicted molar refractivity (Wildman–Crippen MR) is 114 cm³/mol. The fraction of sp³-hybridized carbons (Fsp3) is 0.389. The summed E-state index contributed by atoms with van der Waals surface area (Å²) in [4.78, 5) is 5.62. The van der Waals surface area contributed by atoms with Crippen LogP contribution in [0.2, 0.25) is 0 Å². The SMILES string of the molecule is CN=C(NCCc1cccs1)NCC(C)Oc1ccccc1C.I. The minimum Gasteiger partial charge on any atom is -0.489 e. The molecule has 2 rings (SSSR count). The van der Waals surface area contributed by atoms with E-state index in [9.17, 15) is 0 Å². The van der Waals surface area contributed by atoms with Gasteiger partial charge >= 0.3 is 0 Å². The largest absolute Gasteiger partial charge is 0.489 e. The van der Waals surface area contributed by atoms with Crippen molar-refractivity contribution in [3.63, 3.8) is 0 Å². The first-order valence-corrected chi connectivity index (χ1v) is 8.76. The van der Waals surface area contributed by atoms with Crippen molar-refractivity contribution in [3.05, 3.63) is 52.2 Å². The Kier molecular flexibility index (Phi) is 9.78. The van der Waals surface area contributed by atoms with Crippen LogP contribution in [0.15, 0.2) is 46.8 Å². The number of thiophene rings is 1. The molecule has 0 bridgehead atoms. The van der Waals surface area contributed by atoms with Gasteiger partial charge in [-0.15, -0.1) is 35.3 Å². The number of aliphatic imine (C=N–C) groups is 1. The van der Waals surface area contributed by atoms with Crippen LogP contribution in [-0.4, -0.2) is 32.2 Å². The Bertz CT molecular complexity index is 616. The van der Waals surface area contributed by atoms with Gasteiger partial charge in [-0.05, 0) is 43.3 Å². The molecule has 0 aliphatic rings. The molecule has 1 unspecified atom stereocenters. The second kappa shape index (κ2) is 11.3. The number of ether oxygens (including phenoxy) is 1. The summed E-state index contributed by atoms with van der Waals surface area (Å²) in [6.45, 7) is 5.68. The molecular formula is C18H26IN3OS. The van der Waals surface area contributed by atoms with Gasteiger partial charge < -0.3 is 15.4 Å². The molecular weight excluding hydrogens is 433 g/mol. The van der Waals surface area contributed by atoms with Crippen LogP contribution >= 0.6 is 35.3 Å². The van der Waals surface area contributed by atoms with Gasteiger partial charge in [0.2, 0.25) is 0 Å². The van der Waals surface area contributed by atoms with Crippen LogP contribution in [0, 0.1) is 6.92 Å². The van der Waals surface area contributed by atoms with E-state index in [0.717, 1.165) is 30.2 Å². The van der Waals surface area contributed by atoms with E-state index in [1.165, 1.54) is 4.88 Å². The summed E-state index contributed by atoms with van der Waals surface area (Å²) < 4.78 is 5.96. The maximum atomic E-state index is 5.96. The zero-order valence-electron chi connectivity index (χ0n) is 14.4. The van der Waals surface area contributed by atoms with Gasteiger partial charge in [0.25, 0.3) is 0 Å². The molecule has 6 heteroatoms. The van der Waals surface area contributed by atoms with Crippen molar-refractivity contribution in [2.45, 2.75) is 26.4 Å². The van der Waals surface area contributed by atoms with Crippen LogP contribution in [0.1, 0.15) is 17.4 Å². The molecule has 0 fully saturated rings. The average molecular weight is 459 g/mol. The molecule has 2 aromatic rings. The third kappa shape index (κ3) is 7.09. The Labute approximate surface area is 165 Å². The van der Waals surface area contributed by atoms with Crippen LogP contribution < -0.4 is 15.4 Å². The highest BCUT2D eigenvalue weighted by molar-refractivity contribution is 14.0. The van der Waals surface area contributed by atoms with E-state index >= 15 is 0 Å². The Balaban J connectivity index is 0.00000288. The molecule has 1 aromatic carbocycles. The number of para-hydroxylation sites is 1. The zero-order chi connectivity index (χ0) is 16.5. The van der Waals surface area contributed by atoms with Crippen molar-refractivity contribution >= 4 is 41.3 Å². The van der Waals surface area contributed by atoms with Gasteiger partial charge in [-0.3, -0.25) is 4.99 Å². The molecule has 0 saturated heterocycles. The van der Waals surface area contributed by atoms with E-state index in [4.69, 9.17) is 4.74 Å². The lowest BCUT2D eigenvalue weighted by molar-refractivity contribution is 0.222. The van der Waals surface area contributed by atoms with Gasteiger partial charge in [-0.2, -0.15) is 0 Å². The number of halogens is 1. The smallest absolute Gasteiger partial charge is 0.191 e. The first-order chi connectivity index (χ1) is 11.2. The third-order valence-corrected chi connectivity index (χ3v) is 4.38. The van der Waals surface area contributed by atoms with Gasteiger partial charge in [0.05, 0.1) is 6.54 Å². The molecule has 2 N–H and O–H groups in total. The average Bonchev–Trinajstić information content (AvgIpc) is 3.06. The first-order valence-electron chi connectivity index (χ1n) is 7.88. The molecule has 1 atom stereocenters. The summed E-state index contributed by atoms with van der Waals surface area (Å²) in [5.41, 5.74) is 1.15. The van der Waals surface area contributed by atoms with E-state index in [1.807, 2.05) is 18.2 Å². The molecule has 0 aliphatic carbocycles. The van der Waals surface area contributed by atoms with Crippen LogP contribution in [0.4, 0.5) is 0 Å². The summed E-state index contributed by atoms with van der Waals surface area (Å²) in [6.07, 6.45) is 1.07. The van der Waals surface area contributed by atoms with Gasteiger partial charge in [0, 0.05) is 18.5 Å². The number of guanidine groups is 1. The molecule has 0 saturated carbocycles. The normalized spacial score (nSPS) is 12.2. The number of nitrogens with one attached hydrogen (secondary N) is 2.